The number of halogens is 1. The maximum atomic E-state index is 6.32. The van der Waals surface area contributed by atoms with Gasteiger partial charge in [-0.3, -0.25) is 4.68 Å². The molecule has 1 atom stereocenters. The first-order valence-electron chi connectivity index (χ1n) is 6.91. The summed E-state index contributed by atoms with van der Waals surface area (Å²) in [6, 6.07) is 10.0. The van der Waals surface area contributed by atoms with E-state index < -0.39 is 0 Å². The molecule has 1 aliphatic heterocycles. The van der Waals surface area contributed by atoms with Crippen LogP contribution >= 0.6 is 11.6 Å². The Morgan fingerprint density at radius 3 is 2.95 bits per heavy atom. The van der Waals surface area contributed by atoms with E-state index in [1.54, 1.807) is 6.20 Å². The minimum Gasteiger partial charge on any atom is -0.484 e. The van der Waals surface area contributed by atoms with Crippen molar-refractivity contribution in [2.75, 3.05) is 13.1 Å². The Kier molecular flexibility index (Phi) is 4.23. The van der Waals surface area contributed by atoms with Gasteiger partial charge >= 0.3 is 0 Å². The SMILES string of the molecule is Clc1c(OCc2ccccc2)cnn1CC1CCNC1. The Morgan fingerprint density at radius 1 is 1.35 bits per heavy atom. The maximum absolute atomic E-state index is 6.32. The van der Waals surface area contributed by atoms with Gasteiger partial charge in [0.25, 0.3) is 0 Å². The lowest BCUT2D eigenvalue weighted by Gasteiger charge is -2.09. The predicted octanol–water partition coefficient (Wildman–Crippen LogP) is 2.72. The summed E-state index contributed by atoms with van der Waals surface area (Å²) in [7, 11) is 0. The second-order valence-corrected chi connectivity index (χ2v) is 5.47. The summed E-state index contributed by atoms with van der Waals surface area (Å²) in [5.74, 6) is 1.26. The number of hydrogen-bond acceptors (Lipinski definition) is 3. The number of rotatable bonds is 5. The van der Waals surface area contributed by atoms with Crippen molar-refractivity contribution in [3.05, 3.63) is 47.2 Å². The van der Waals surface area contributed by atoms with Crippen LogP contribution in [-0.4, -0.2) is 22.9 Å². The highest BCUT2D eigenvalue weighted by molar-refractivity contribution is 6.31. The molecule has 5 heteroatoms. The molecule has 1 aromatic heterocycles. The van der Waals surface area contributed by atoms with E-state index in [0.29, 0.717) is 23.4 Å². The average Bonchev–Trinajstić information content (AvgIpc) is 3.10. The van der Waals surface area contributed by atoms with Crippen molar-refractivity contribution in [1.82, 2.24) is 15.1 Å². The summed E-state index contributed by atoms with van der Waals surface area (Å²) in [5.41, 5.74) is 1.12. The fourth-order valence-corrected chi connectivity index (χ4v) is 2.64. The zero-order valence-corrected chi connectivity index (χ0v) is 12.0. The van der Waals surface area contributed by atoms with Crippen molar-refractivity contribution < 1.29 is 4.74 Å². The van der Waals surface area contributed by atoms with Gasteiger partial charge in [0.2, 0.25) is 0 Å². The molecule has 2 heterocycles. The normalized spacial score (nSPS) is 18.4. The van der Waals surface area contributed by atoms with Crippen LogP contribution in [0.15, 0.2) is 36.5 Å². The molecule has 0 radical (unpaired) electrons. The molecule has 0 saturated carbocycles. The Labute approximate surface area is 123 Å². The molecule has 0 bridgehead atoms. The van der Waals surface area contributed by atoms with Crippen molar-refractivity contribution in [2.45, 2.75) is 19.6 Å². The molecule has 106 valence electrons. The highest BCUT2D eigenvalue weighted by Gasteiger charge is 2.18. The lowest BCUT2D eigenvalue weighted by molar-refractivity contribution is 0.305. The van der Waals surface area contributed by atoms with Crippen LogP contribution in [0, 0.1) is 5.92 Å². The maximum Gasteiger partial charge on any atom is 0.176 e. The third kappa shape index (κ3) is 3.14. The van der Waals surface area contributed by atoms with Crippen molar-refractivity contribution in [2.24, 2.45) is 5.92 Å². The topological polar surface area (TPSA) is 39.1 Å². The van der Waals surface area contributed by atoms with Gasteiger partial charge in [-0.2, -0.15) is 5.10 Å². The molecule has 0 aliphatic carbocycles. The first-order valence-corrected chi connectivity index (χ1v) is 7.29. The van der Waals surface area contributed by atoms with Crippen LogP contribution in [0.4, 0.5) is 0 Å². The van der Waals surface area contributed by atoms with Gasteiger partial charge in [0.05, 0.1) is 6.20 Å². The summed E-state index contributed by atoms with van der Waals surface area (Å²) >= 11 is 6.32. The van der Waals surface area contributed by atoms with Gasteiger partial charge in [-0.25, -0.2) is 0 Å². The summed E-state index contributed by atoms with van der Waals surface area (Å²) in [6.07, 6.45) is 2.88. The summed E-state index contributed by atoms with van der Waals surface area (Å²) < 4.78 is 7.57. The van der Waals surface area contributed by atoms with Crippen molar-refractivity contribution >= 4 is 11.6 Å². The molecular formula is C15H18ClN3O. The molecule has 0 spiro atoms. The monoisotopic (exact) mass is 291 g/mol. The van der Waals surface area contributed by atoms with Crippen LogP contribution in [0.3, 0.4) is 0 Å². The van der Waals surface area contributed by atoms with Crippen LogP contribution in [0.1, 0.15) is 12.0 Å². The molecule has 1 unspecified atom stereocenters. The van der Waals surface area contributed by atoms with E-state index in [4.69, 9.17) is 16.3 Å². The van der Waals surface area contributed by atoms with Gasteiger partial charge < -0.3 is 10.1 Å². The second-order valence-electron chi connectivity index (χ2n) is 5.11. The molecule has 1 fully saturated rings. The van der Waals surface area contributed by atoms with Crippen LogP contribution in [0.25, 0.3) is 0 Å². The molecule has 1 aliphatic rings. The summed E-state index contributed by atoms with van der Waals surface area (Å²) in [6.45, 7) is 3.48. The summed E-state index contributed by atoms with van der Waals surface area (Å²) in [4.78, 5) is 0. The van der Waals surface area contributed by atoms with E-state index in [9.17, 15) is 0 Å². The third-order valence-corrected chi connectivity index (χ3v) is 3.96. The van der Waals surface area contributed by atoms with E-state index in [2.05, 4.69) is 10.4 Å². The van der Waals surface area contributed by atoms with Crippen molar-refractivity contribution in [1.29, 1.82) is 0 Å². The first kappa shape index (κ1) is 13.5. The Bertz CT molecular complexity index is 550. The highest BCUT2D eigenvalue weighted by atomic mass is 35.5. The average molecular weight is 292 g/mol. The molecular weight excluding hydrogens is 274 g/mol. The molecule has 1 saturated heterocycles. The van der Waals surface area contributed by atoms with Gasteiger partial charge in [-0.15, -0.1) is 0 Å². The predicted molar refractivity (Wildman–Crippen MR) is 79.0 cm³/mol. The summed E-state index contributed by atoms with van der Waals surface area (Å²) in [5, 5.41) is 8.26. The number of benzene rings is 1. The highest BCUT2D eigenvalue weighted by Crippen LogP contribution is 2.26. The zero-order chi connectivity index (χ0) is 13.8. The molecule has 3 rings (SSSR count). The van der Waals surface area contributed by atoms with Crippen LogP contribution in [0.2, 0.25) is 5.15 Å². The Hall–Kier alpha value is -1.52. The van der Waals surface area contributed by atoms with Crippen LogP contribution in [-0.2, 0) is 13.2 Å². The molecule has 2 aromatic rings. The Balaban J connectivity index is 1.61. The second kappa shape index (κ2) is 6.29. The van der Waals surface area contributed by atoms with Crippen LogP contribution < -0.4 is 10.1 Å². The van der Waals surface area contributed by atoms with Gasteiger partial charge in [-0.05, 0) is 31.0 Å². The van der Waals surface area contributed by atoms with Crippen LogP contribution in [0.5, 0.6) is 5.75 Å². The quantitative estimate of drug-likeness (QED) is 0.921. The number of nitrogens with zero attached hydrogens (tertiary/aromatic N) is 2. The van der Waals surface area contributed by atoms with E-state index in [0.717, 1.165) is 25.2 Å². The third-order valence-electron chi connectivity index (χ3n) is 3.57. The number of nitrogens with one attached hydrogen (secondary N) is 1. The zero-order valence-electron chi connectivity index (χ0n) is 11.3. The van der Waals surface area contributed by atoms with E-state index >= 15 is 0 Å². The van der Waals surface area contributed by atoms with Gasteiger partial charge in [-0.1, -0.05) is 41.9 Å². The van der Waals surface area contributed by atoms with E-state index in [1.807, 2.05) is 35.0 Å². The molecule has 0 amide bonds. The van der Waals surface area contributed by atoms with E-state index in [-0.39, 0.29) is 0 Å². The largest absolute Gasteiger partial charge is 0.484 e. The minimum absolute atomic E-state index is 0.511. The molecule has 20 heavy (non-hydrogen) atoms. The number of hydrogen-bond donors (Lipinski definition) is 1. The molecule has 4 nitrogen and oxygen atoms in total. The molecule has 1 aromatic carbocycles. The Morgan fingerprint density at radius 2 is 2.20 bits per heavy atom. The standard InChI is InChI=1S/C15H18ClN3O/c16-15-14(20-11-12-4-2-1-3-5-12)9-18-19(15)10-13-6-7-17-8-13/h1-5,9,13,17H,6-8,10-11H2. The minimum atomic E-state index is 0.511. The molecule has 1 N–H and O–H groups in total. The van der Waals surface area contributed by atoms with Gasteiger partial charge in [0, 0.05) is 6.54 Å². The first-order chi connectivity index (χ1) is 9.83. The lowest BCUT2D eigenvalue weighted by atomic mass is 10.1. The smallest absolute Gasteiger partial charge is 0.176 e. The number of ether oxygens (including phenoxy) is 1. The fourth-order valence-electron chi connectivity index (χ4n) is 2.43. The van der Waals surface area contributed by atoms with Crippen molar-refractivity contribution in [3.8, 4) is 5.75 Å². The van der Waals surface area contributed by atoms with Gasteiger partial charge in [0.15, 0.2) is 10.9 Å². The van der Waals surface area contributed by atoms with E-state index in [1.165, 1.54) is 6.42 Å². The van der Waals surface area contributed by atoms with Crippen molar-refractivity contribution in [3.63, 3.8) is 0 Å². The fraction of sp³-hybridized carbons (Fsp3) is 0.400. The van der Waals surface area contributed by atoms with Gasteiger partial charge in [0.1, 0.15) is 6.61 Å². The lowest BCUT2D eigenvalue weighted by Crippen LogP contribution is -2.15. The number of aromatic nitrogens is 2.